The van der Waals surface area contributed by atoms with Crippen LogP contribution in [0.3, 0.4) is 0 Å². The SMILES string of the molecule is Fc1ccc(C2(Cc3ccc(F)c(Br)c3)CNC2)cc1. The van der Waals surface area contributed by atoms with Crippen molar-refractivity contribution in [1.82, 2.24) is 5.32 Å². The summed E-state index contributed by atoms with van der Waals surface area (Å²) in [6.07, 6.45) is 0.810. The number of halogens is 3. The Morgan fingerprint density at radius 3 is 2.30 bits per heavy atom. The molecule has 1 aliphatic heterocycles. The molecule has 0 aliphatic carbocycles. The molecule has 3 rings (SSSR count). The molecule has 104 valence electrons. The van der Waals surface area contributed by atoms with Crippen LogP contribution >= 0.6 is 15.9 Å². The maximum atomic E-state index is 13.3. The van der Waals surface area contributed by atoms with Gasteiger partial charge < -0.3 is 5.32 Å². The van der Waals surface area contributed by atoms with Gasteiger partial charge in [-0.05, 0) is 57.7 Å². The van der Waals surface area contributed by atoms with Crippen LogP contribution in [-0.4, -0.2) is 13.1 Å². The predicted octanol–water partition coefficient (Wildman–Crippen LogP) is 3.81. The number of hydrogen-bond acceptors (Lipinski definition) is 1. The predicted molar refractivity (Wildman–Crippen MR) is 78.8 cm³/mol. The van der Waals surface area contributed by atoms with E-state index in [1.54, 1.807) is 0 Å². The molecule has 0 radical (unpaired) electrons. The number of rotatable bonds is 3. The van der Waals surface area contributed by atoms with Crippen molar-refractivity contribution >= 4 is 15.9 Å². The minimum atomic E-state index is -0.253. The van der Waals surface area contributed by atoms with Crippen LogP contribution in [0.2, 0.25) is 0 Å². The Hall–Kier alpha value is -1.26. The Balaban J connectivity index is 1.89. The van der Waals surface area contributed by atoms with Gasteiger partial charge in [-0.3, -0.25) is 0 Å². The smallest absolute Gasteiger partial charge is 0.137 e. The van der Waals surface area contributed by atoms with Crippen molar-refractivity contribution in [2.45, 2.75) is 11.8 Å². The van der Waals surface area contributed by atoms with E-state index in [0.717, 1.165) is 30.6 Å². The van der Waals surface area contributed by atoms with E-state index in [0.29, 0.717) is 4.47 Å². The summed E-state index contributed by atoms with van der Waals surface area (Å²) in [6, 6.07) is 11.8. The fraction of sp³-hybridized carbons (Fsp3) is 0.250. The monoisotopic (exact) mass is 337 g/mol. The molecule has 0 amide bonds. The van der Waals surface area contributed by atoms with Crippen LogP contribution in [0.15, 0.2) is 46.9 Å². The lowest BCUT2D eigenvalue weighted by molar-refractivity contribution is 0.274. The van der Waals surface area contributed by atoms with Crippen LogP contribution in [0.1, 0.15) is 11.1 Å². The Morgan fingerprint density at radius 1 is 1.05 bits per heavy atom. The van der Waals surface area contributed by atoms with Crippen LogP contribution in [0, 0.1) is 11.6 Å². The van der Waals surface area contributed by atoms with Gasteiger partial charge in [0.15, 0.2) is 0 Å². The topological polar surface area (TPSA) is 12.0 Å². The number of hydrogen-bond donors (Lipinski definition) is 1. The number of benzene rings is 2. The molecule has 0 unspecified atom stereocenters. The summed E-state index contributed by atoms with van der Waals surface area (Å²) < 4.78 is 26.8. The molecule has 1 nitrogen and oxygen atoms in total. The molecule has 20 heavy (non-hydrogen) atoms. The van der Waals surface area contributed by atoms with Crippen molar-refractivity contribution in [3.63, 3.8) is 0 Å². The van der Waals surface area contributed by atoms with Gasteiger partial charge in [0.05, 0.1) is 4.47 Å². The Labute approximate surface area is 125 Å². The summed E-state index contributed by atoms with van der Waals surface area (Å²) in [4.78, 5) is 0. The van der Waals surface area contributed by atoms with Crippen molar-refractivity contribution in [2.24, 2.45) is 0 Å². The molecule has 0 bridgehead atoms. The lowest BCUT2D eigenvalue weighted by atomic mass is 9.71. The summed E-state index contributed by atoms with van der Waals surface area (Å²) in [5, 5.41) is 3.28. The van der Waals surface area contributed by atoms with E-state index in [9.17, 15) is 8.78 Å². The zero-order chi connectivity index (χ0) is 14.2. The fourth-order valence-electron chi connectivity index (χ4n) is 2.70. The van der Waals surface area contributed by atoms with E-state index < -0.39 is 0 Å². The fourth-order valence-corrected chi connectivity index (χ4v) is 3.13. The third kappa shape index (κ3) is 2.50. The van der Waals surface area contributed by atoms with Gasteiger partial charge in [-0.2, -0.15) is 0 Å². The summed E-state index contributed by atoms with van der Waals surface area (Å²) in [5.74, 6) is -0.475. The van der Waals surface area contributed by atoms with E-state index in [4.69, 9.17) is 0 Å². The van der Waals surface area contributed by atoms with Crippen molar-refractivity contribution < 1.29 is 8.78 Å². The summed E-state index contributed by atoms with van der Waals surface area (Å²) in [7, 11) is 0. The normalized spacial score (nSPS) is 16.8. The molecule has 1 N–H and O–H groups in total. The minimum absolute atomic E-state index is 0.0228. The van der Waals surface area contributed by atoms with E-state index in [2.05, 4.69) is 21.2 Å². The molecule has 1 saturated heterocycles. The molecule has 1 aliphatic rings. The molecule has 2 aromatic carbocycles. The van der Waals surface area contributed by atoms with Gasteiger partial charge in [-0.1, -0.05) is 18.2 Å². The first-order valence-electron chi connectivity index (χ1n) is 6.50. The summed E-state index contributed by atoms with van der Waals surface area (Å²) in [5.41, 5.74) is 2.17. The highest BCUT2D eigenvalue weighted by Crippen LogP contribution is 2.33. The maximum Gasteiger partial charge on any atom is 0.137 e. The zero-order valence-corrected chi connectivity index (χ0v) is 12.4. The second-order valence-corrected chi connectivity index (χ2v) is 6.17. The summed E-state index contributed by atoms with van der Waals surface area (Å²) in [6.45, 7) is 1.71. The van der Waals surface area contributed by atoms with Gasteiger partial charge in [0.25, 0.3) is 0 Å². The van der Waals surface area contributed by atoms with Gasteiger partial charge in [0, 0.05) is 18.5 Å². The Morgan fingerprint density at radius 2 is 1.75 bits per heavy atom. The van der Waals surface area contributed by atoms with Crippen molar-refractivity contribution in [3.8, 4) is 0 Å². The second kappa shape index (κ2) is 5.26. The molecule has 2 aromatic rings. The maximum absolute atomic E-state index is 13.3. The standard InChI is InChI=1S/C16H14BrF2N/c17-14-7-11(1-6-15(14)19)8-16(9-20-10-16)12-2-4-13(18)5-3-12/h1-7,20H,8-10H2. The van der Waals surface area contributed by atoms with Crippen molar-refractivity contribution in [2.75, 3.05) is 13.1 Å². The third-order valence-electron chi connectivity index (χ3n) is 3.91. The van der Waals surface area contributed by atoms with Crippen LogP contribution in [0.4, 0.5) is 8.78 Å². The van der Waals surface area contributed by atoms with Gasteiger partial charge in [-0.15, -0.1) is 0 Å². The first-order valence-corrected chi connectivity index (χ1v) is 7.29. The molecule has 0 saturated carbocycles. The van der Waals surface area contributed by atoms with Crippen LogP contribution in [-0.2, 0) is 11.8 Å². The Kier molecular flexibility index (Phi) is 3.61. The lowest BCUT2D eigenvalue weighted by Gasteiger charge is -2.43. The molecule has 0 spiro atoms. The highest BCUT2D eigenvalue weighted by Gasteiger charge is 2.38. The molecular weight excluding hydrogens is 324 g/mol. The lowest BCUT2D eigenvalue weighted by Crippen LogP contribution is -2.58. The number of nitrogens with one attached hydrogen (secondary N) is 1. The van der Waals surface area contributed by atoms with Crippen molar-refractivity contribution in [3.05, 3.63) is 69.7 Å². The molecule has 1 heterocycles. The first-order chi connectivity index (χ1) is 9.59. The average molecular weight is 338 g/mol. The van der Waals surface area contributed by atoms with Gasteiger partial charge in [-0.25, -0.2) is 8.78 Å². The van der Waals surface area contributed by atoms with E-state index in [1.807, 2.05) is 24.3 Å². The third-order valence-corrected chi connectivity index (χ3v) is 4.52. The van der Waals surface area contributed by atoms with Crippen molar-refractivity contribution in [1.29, 1.82) is 0 Å². The first kappa shape index (κ1) is 13.7. The molecular formula is C16H14BrF2N. The average Bonchev–Trinajstić information content (AvgIpc) is 2.39. The molecule has 0 atom stereocenters. The molecule has 1 fully saturated rings. The zero-order valence-electron chi connectivity index (χ0n) is 10.8. The van der Waals surface area contributed by atoms with Gasteiger partial charge in [0.2, 0.25) is 0 Å². The molecule has 0 aromatic heterocycles. The summed E-state index contributed by atoms with van der Waals surface area (Å²) >= 11 is 3.22. The van der Waals surface area contributed by atoms with Crippen LogP contribution in [0.5, 0.6) is 0 Å². The minimum Gasteiger partial charge on any atom is -0.315 e. The van der Waals surface area contributed by atoms with Crippen LogP contribution < -0.4 is 5.32 Å². The van der Waals surface area contributed by atoms with E-state index in [-0.39, 0.29) is 17.0 Å². The Bertz CT molecular complexity index is 621. The molecule has 4 heteroatoms. The van der Waals surface area contributed by atoms with E-state index >= 15 is 0 Å². The van der Waals surface area contributed by atoms with Gasteiger partial charge in [0.1, 0.15) is 11.6 Å². The van der Waals surface area contributed by atoms with Crippen LogP contribution in [0.25, 0.3) is 0 Å². The van der Waals surface area contributed by atoms with Gasteiger partial charge >= 0.3 is 0 Å². The largest absolute Gasteiger partial charge is 0.315 e. The van der Waals surface area contributed by atoms with E-state index in [1.165, 1.54) is 18.2 Å². The highest BCUT2D eigenvalue weighted by atomic mass is 79.9. The quantitative estimate of drug-likeness (QED) is 0.897. The highest BCUT2D eigenvalue weighted by molar-refractivity contribution is 9.10. The second-order valence-electron chi connectivity index (χ2n) is 5.32.